The Bertz CT molecular complexity index is 511. The number of aryl methyl sites for hydroxylation is 2. The van der Waals surface area contributed by atoms with Gasteiger partial charge >= 0.3 is 0 Å². The molecule has 82 valence electrons. The van der Waals surface area contributed by atoms with Crippen molar-refractivity contribution in [2.75, 3.05) is 0 Å². The molecule has 1 heterocycles. The Morgan fingerprint density at radius 1 is 1.25 bits per heavy atom. The third kappa shape index (κ3) is 1.78. The zero-order chi connectivity index (χ0) is 11.5. The highest BCUT2D eigenvalue weighted by molar-refractivity contribution is 5.87. The highest BCUT2D eigenvalue weighted by Crippen LogP contribution is 2.27. The fourth-order valence-electron chi connectivity index (χ4n) is 1.91. The molecule has 0 saturated heterocycles. The predicted molar refractivity (Wildman–Crippen MR) is 65.7 cm³/mol. The lowest BCUT2D eigenvalue weighted by atomic mass is 10.0. The monoisotopic (exact) mass is 213 g/mol. The van der Waals surface area contributed by atoms with Gasteiger partial charge in [-0.25, -0.2) is 0 Å². The number of aromatic amines is 1. The number of rotatable bonds is 3. The van der Waals surface area contributed by atoms with Crippen LogP contribution >= 0.6 is 0 Å². The molecule has 2 heteroatoms. The van der Waals surface area contributed by atoms with Crippen LogP contribution in [0.5, 0.6) is 0 Å². The van der Waals surface area contributed by atoms with Gasteiger partial charge in [-0.1, -0.05) is 31.2 Å². The van der Waals surface area contributed by atoms with Crippen LogP contribution in [-0.2, 0) is 6.42 Å². The van der Waals surface area contributed by atoms with Crippen molar-refractivity contribution in [1.29, 1.82) is 0 Å². The Labute approximate surface area is 95.3 Å². The Morgan fingerprint density at radius 2 is 2.00 bits per heavy atom. The van der Waals surface area contributed by atoms with E-state index in [0.717, 1.165) is 29.5 Å². The van der Waals surface area contributed by atoms with Crippen LogP contribution < -0.4 is 0 Å². The summed E-state index contributed by atoms with van der Waals surface area (Å²) >= 11 is 0. The zero-order valence-corrected chi connectivity index (χ0v) is 9.58. The van der Waals surface area contributed by atoms with E-state index in [1.54, 1.807) is 0 Å². The molecule has 0 amide bonds. The van der Waals surface area contributed by atoms with Crippen LogP contribution in [0.3, 0.4) is 0 Å². The van der Waals surface area contributed by atoms with Gasteiger partial charge in [0.05, 0.1) is 5.69 Å². The molecule has 2 nitrogen and oxygen atoms in total. The van der Waals surface area contributed by atoms with Crippen LogP contribution in [-0.4, -0.2) is 11.3 Å². The average molecular weight is 213 g/mol. The first-order valence-corrected chi connectivity index (χ1v) is 5.49. The second-order valence-electron chi connectivity index (χ2n) is 3.91. The molecule has 1 N–H and O–H groups in total. The number of benzene rings is 1. The number of nitrogens with one attached hydrogen (secondary N) is 1. The van der Waals surface area contributed by atoms with E-state index in [1.807, 2.05) is 18.2 Å². The zero-order valence-electron chi connectivity index (χ0n) is 9.58. The standard InChI is InChI=1S/C14H15NO/c1-3-11-8-13(14(9-16)15-11)12-7-5-4-6-10(12)2/h4-9,15H,3H2,1-2H3. The van der Waals surface area contributed by atoms with E-state index in [9.17, 15) is 4.79 Å². The number of hydrogen-bond donors (Lipinski definition) is 1. The van der Waals surface area contributed by atoms with Gasteiger partial charge in [0, 0.05) is 11.3 Å². The minimum atomic E-state index is 0.672. The van der Waals surface area contributed by atoms with Crippen LogP contribution in [0.15, 0.2) is 30.3 Å². The van der Waals surface area contributed by atoms with Crippen molar-refractivity contribution in [3.8, 4) is 11.1 Å². The number of hydrogen-bond acceptors (Lipinski definition) is 1. The van der Waals surface area contributed by atoms with Gasteiger partial charge in [0.1, 0.15) is 0 Å². The second kappa shape index (κ2) is 4.35. The highest BCUT2D eigenvalue weighted by atomic mass is 16.1. The Kier molecular flexibility index (Phi) is 2.91. The number of aromatic nitrogens is 1. The van der Waals surface area contributed by atoms with Gasteiger partial charge in [-0.2, -0.15) is 0 Å². The van der Waals surface area contributed by atoms with Gasteiger partial charge in [0.2, 0.25) is 0 Å². The number of aldehydes is 1. The topological polar surface area (TPSA) is 32.9 Å². The van der Waals surface area contributed by atoms with E-state index < -0.39 is 0 Å². The van der Waals surface area contributed by atoms with Crippen LogP contribution in [0.1, 0.15) is 28.7 Å². The maximum atomic E-state index is 11.0. The van der Waals surface area contributed by atoms with E-state index >= 15 is 0 Å². The van der Waals surface area contributed by atoms with Gasteiger partial charge in [-0.3, -0.25) is 4.79 Å². The molecule has 0 bridgehead atoms. The summed E-state index contributed by atoms with van der Waals surface area (Å²) in [4.78, 5) is 14.1. The normalized spacial score (nSPS) is 10.4. The first-order valence-electron chi connectivity index (χ1n) is 5.49. The minimum absolute atomic E-state index is 0.672. The molecule has 1 aromatic heterocycles. The number of carbonyl (C=O) groups excluding carboxylic acids is 1. The molecule has 0 aliphatic rings. The minimum Gasteiger partial charge on any atom is -0.356 e. The molecule has 1 aromatic carbocycles. The van der Waals surface area contributed by atoms with Gasteiger partial charge < -0.3 is 4.98 Å². The lowest BCUT2D eigenvalue weighted by Crippen LogP contribution is -1.87. The SMILES string of the molecule is CCc1cc(-c2ccccc2C)c(C=O)[nH]1. The molecule has 0 spiro atoms. The summed E-state index contributed by atoms with van der Waals surface area (Å²) in [5, 5.41) is 0. The van der Waals surface area contributed by atoms with Crippen molar-refractivity contribution in [1.82, 2.24) is 4.98 Å². The van der Waals surface area contributed by atoms with E-state index in [4.69, 9.17) is 0 Å². The largest absolute Gasteiger partial charge is 0.356 e. The fourth-order valence-corrected chi connectivity index (χ4v) is 1.91. The molecule has 0 aliphatic heterocycles. The van der Waals surface area contributed by atoms with Crippen LogP contribution in [0.4, 0.5) is 0 Å². The molecule has 0 unspecified atom stereocenters. The molecule has 16 heavy (non-hydrogen) atoms. The first kappa shape index (κ1) is 10.7. The summed E-state index contributed by atoms with van der Waals surface area (Å²) in [5.41, 5.74) is 5.09. The number of H-pyrrole nitrogens is 1. The smallest absolute Gasteiger partial charge is 0.166 e. The van der Waals surface area contributed by atoms with E-state index in [2.05, 4.69) is 31.0 Å². The summed E-state index contributed by atoms with van der Waals surface area (Å²) in [6, 6.07) is 10.2. The van der Waals surface area contributed by atoms with Crippen LogP contribution in [0.2, 0.25) is 0 Å². The highest BCUT2D eigenvalue weighted by Gasteiger charge is 2.10. The third-order valence-electron chi connectivity index (χ3n) is 2.84. The van der Waals surface area contributed by atoms with Gasteiger partial charge in [-0.05, 0) is 30.5 Å². The Hall–Kier alpha value is -1.83. The second-order valence-corrected chi connectivity index (χ2v) is 3.91. The van der Waals surface area contributed by atoms with Crippen molar-refractivity contribution in [2.24, 2.45) is 0 Å². The molecule has 0 saturated carbocycles. The average Bonchev–Trinajstić information content (AvgIpc) is 2.72. The Balaban J connectivity index is 2.59. The summed E-state index contributed by atoms with van der Waals surface area (Å²) in [6.45, 7) is 4.13. The quantitative estimate of drug-likeness (QED) is 0.779. The van der Waals surface area contributed by atoms with Crippen molar-refractivity contribution in [3.63, 3.8) is 0 Å². The van der Waals surface area contributed by atoms with Crippen LogP contribution in [0.25, 0.3) is 11.1 Å². The van der Waals surface area contributed by atoms with Crippen molar-refractivity contribution < 1.29 is 4.79 Å². The predicted octanol–water partition coefficient (Wildman–Crippen LogP) is 3.37. The molecule has 0 atom stereocenters. The fraction of sp³-hybridized carbons (Fsp3) is 0.214. The van der Waals surface area contributed by atoms with Crippen LogP contribution in [0, 0.1) is 6.92 Å². The summed E-state index contributed by atoms with van der Waals surface area (Å²) < 4.78 is 0. The van der Waals surface area contributed by atoms with Gasteiger partial charge in [-0.15, -0.1) is 0 Å². The first-order chi connectivity index (χ1) is 7.76. The summed E-state index contributed by atoms with van der Waals surface area (Å²) in [6.07, 6.45) is 1.80. The molecule has 2 aromatic rings. The molecule has 0 radical (unpaired) electrons. The van der Waals surface area contributed by atoms with Gasteiger partial charge in [0.15, 0.2) is 6.29 Å². The van der Waals surface area contributed by atoms with Gasteiger partial charge in [0.25, 0.3) is 0 Å². The molecule has 0 aliphatic carbocycles. The summed E-state index contributed by atoms with van der Waals surface area (Å²) in [7, 11) is 0. The van der Waals surface area contributed by atoms with Crippen molar-refractivity contribution in [3.05, 3.63) is 47.3 Å². The maximum absolute atomic E-state index is 11.0. The number of carbonyl (C=O) groups is 1. The Morgan fingerprint density at radius 3 is 2.62 bits per heavy atom. The maximum Gasteiger partial charge on any atom is 0.166 e. The molecule has 2 rings (SSSR count). The molecular formula is C14H15NO. The van der Waals surface area contributed by atoms with Crippen molar-refractivity contribution in [2.45, 2.75) is 20.3 Å². The molecular weight excluding hydrogens is 198 g/mol. The van der Waals surface area contributed by atoms with E-state index in [1.165, 1.54) is 5.56 Å². The summed E-state index contributed by atoms with van der Waals surface area (Å²) in [5.74, 6) is 0. The van der Waals surface area contributed by atoms with E-state index in [-0.39, 0.29) is 0 Å². The lowest BCUT2D eigenvalue weighted by molar-refractivity contribution is 0.112. The lowest BCUT2D eigenvalue weighted by Gasteiger charge is -2.03. The molecule has 0 fully saturated rings. The third-order valence-corrected chi connectivity index (χ3v) is 2.84. The van der Waals surface area contributed by atoms with Crippen molar-refractivity contribution >= 4 is 6.29 Å². The van der Waals surface area contributed by atoms with E-state index in [0.29, 0.717) is 5.69 Å².